The number of benzene rings is 1. The summed E-state index contributed by atoms with van der Waals surface area (Å²) in [5, 5.41) is 18.1. The van der Waals surface area contributed by atoms with Gasteiger partial charge in [-0.3, -0.25) is 9.59 Å². The molecule has 9 nitrogen and oxygen atoms in total. The summed E-state index contributed by atoms with van der Waals surface area (Å²) >= 11 is 0. The third-order valence-corrected chi connectivity index (χ3v) is 8.25. The normalized spacial score (nSPS) is 21.1. The highest BCUT2D eigenvalue weighted by Gasteiger charge is 2.46. The summed E-state index contributed by atoms with van der Waals surface area (Å²) in [6.07, 6.45) is 1.21. The molecule has 38 heavy (non-hydrogen) atoms. The van der Waals surface area contributed by atoms with E-state index in [4.69, 9.17) is 9.72 Å². The number of esters is 1. The van der Waals surface area contributed by atoms with Crippen molar-refractivity contribution < 1.29 is 23.8 Å². The molecule has 10 heteroatoms. The number of aryl methyl sites for hydroxylation is 1. The molecule has 0 saturated carbocycles. The van der Waals surface area contributed by atoms with E-state index in [2.05, 4.69) is 10.6 Å². The molecule has 2 aliphatic heterocycles. The number of halogens is 1. The summed E-state index contributed by atoms with van der Waals surface area (Å²) in [5.74, 6) is -1.29. The standard InChI is InChI=1S/C28H29FN4O5/c1-4-28(37)17-8-21-25-15(11-33(21)26(35)16(17)12-38-27(28)36)24-19(31-22(34)10-30-5-2)7-6-14-13(3)18(29)9-20(32-25)23(14)24/h8-9,19,30,37H,4-7,10-12H2,1-3H3,(H,31,34). The Hall–Kier alpha value is -3.63. The van der Waals surface area contributed by atoms with Gasteiger partial charge in [0.25, 0.3) is 5.56 Å². The second-order valence-corrected chi connectivity index (χ2v) is 10.3. The Kier molecular flexibility index (Phi) is 5.66. The largest absolute Gasteiger partial charge is 0.458 e. The topological polar surface area (TPSA) is 123 Å². The second kappa shape index (κ2) is 8.71. The summed E-state index contributed by atoms with van der Waals surface area (Å²) in [6.45, 7) is 6.16. The lowest BCUT2D eigenvalue weighted by Crippen LogP contribution is -2.44. The highest BCUT2D eigenvalue weighted by atomic mass is 19.1. The number of likely N-dealkylation sites (N-methyl/N-ethyl adjacent to an activating group) is 1. The Morgan fingerprint density at radius 2 is 2.05 bits per heavy atom. The molecule has 2 atom stereocenters. The molecule has 2 aromatic heterocycles. The van der Waals surface area contributed by atoms with Crippen molar-refractivity contribution >= 4 is 22.8 Å². The van der Waals surface area contributed by atoms with Crippen molar-refractivity contribution in [2.75, 3.05) is 13.1 Å². The van der Waals surface area contributed by atoms with Crippen molar-refractivity contribution in [2.24, 2.45) is 0 Å². The zero-order chi connectivity index (χ0) is 26.9. The Bertz CT molecular complexity index is 1610. The van der Waals surface area contributed by atoms with Crippen LogP contribution in [0.15, 0.2) is 16.9 Å². The highest BCUT2D eigenvalue weighted by molar-refractivity contribution is 5.94. The fraction of sp³-hybridized carbons (Fsp3) is 0.429. The Morgan fingerprint density at radius 1 is 1.26 bits per heavy atom. The predicted octanol–water partition coefficient (Wildman–Crippen LogP) is 2.24. The Morgan fingerprint density at radius 3 is 2.79 bits per heavy atom. The van der Waals surface area contributed by atoms with Crippen LogP contribution in [0.4, 0.5) is 4.39 Å². The van der Waals surface area contributed by atoms with Crippen LogP contribution in [-0.4, -0.2) is 39.6 Å². The molecule has 198 valence electrons. The number of cyclic esters (lactones) is 1. The minimum absolute atomic E-state index is 0.0404. The van der Waals surface area contributed by atoms with Gasteiger partial charge in [0.05, 0.1) is 41.6 Å². The molecular formula is C28H29FN4O5. The van der Waals surface area contributed by atoms with Crippen molar-refractivity contribution in [2.45, 2.75) is 64.8 Å². The van der Waals surface area contributed by atoms with E-state index < -0.39 is 11.6 Å². The molecule has 2 unspecified atom stereocenters. The molecule has 3 aromatic rings. The SMILES string of the molecule is CCNCC(=O)NC1CCc2c(C)c(F)cc3nc4c(c1c23)Cn1c-4cc2c(c1=O)COC(=O)C2(O)CC. The molecule has 1 aromatic carbocycles. The van der Waals surface area contributed by atoms with Crippen LogP contribution in [0.1, 0.15) is 66.1 Å². The molecule has 3 aliphatic rings. The number of carbonyl (C=O) groups excluding carboxylic acids is 2. The van der Waals surface area contributed by atoms with Crippen molar-refractivity contribution in [3.05, 3.63) is 61.7 Å². The van der Waals surface area contributed by atoms with Gasteiger partial charge in [-0.25, -0.2) is 14.2 Å². The maximum atomic E-state index is 15.0. The summed E-state index contributed by atoms with van der Waals surface area (Å²) in [4.78, 5) is 43.7. The molecule has 4 heterocycles. The van der Waals surface area contributed by atoms with Gasteiger partial charge in [0.1, 0.15) is 12.4 Å². The number of aliphatic hydroxyl groups is 1. The van der Waals surface area contributed by atoms with Crippen LogP contribution in [0, 0.1) is 12.7 Å². The first kappa shape index (κ1) is 24.7. The van der Waals surface area contributed by atoms with E-state index in [-0.39, 0.29) is 60.6 Å². The maximum Gasteiger partial charge on any atom is 0.343 e. The molecular weight excluding hydrogens is 491 g/mol. The average molecular weight is 521 g/mol. The van der Waals surface area contributed by atoms with Crippen LogP contribution in [-0.2, 0) is 39.5 Å². The lowest BCUT2D eigenvalue weighted by Gasteiger charge is -2.31. The van der Waals surface area contributed by atoms with E-state index in [1.807, 2.05) is 6.92 Å². The quantitative estimate of drug-likeness (QED) is 0.345. The molecule has 0 radical (unpaired) electrons. The number of hydrogen-bond donors (Lipinski definition) is 3. The first-order chi connectivity index (χ1) is 18.2. The minimum Gasteiger partial charge on any atom is -0.458 e. The molecule has 6 rings (SSSR count). The number of carbonyl (C=O) groups is 2. The van der Waals surface area contributed by atoms with Crippen LogP contribution in [0.25, 0.3) is 22.3 Å². The molecule has 3 N–H and O–H groups in total. The Balaban J connectivity index is 1.60. The molecule has 0 fully saturated rings. The van der Waals surface area contributed by atoms with Crippen molar-refractivity contribution in [1.82, 2.24) is 20.2 Å². The molecule has 0 bridgehead atoms. The zero-order valence-electron chi connectivity index (χ0n) is 21.5. The van der Waals surface area contributed by atoms with E-state index >= 15 is 0 Å². The Labute approximate surface area is 218 Å². The van der Waals surface area contributed by atoms with E-state index in [1.54, 1.807) is 24.5 Å². The third kappa shape index (κ3) is 3.36. The fourth-order valence-corrected chi connectivity index (χ4v) is 6.18. The van der Waals surface area contributed by atoms with Crippen LogP contribution in [0.5, 0.6) is 0 Å². The van der Waals surface area contributed by atoms with Crippen LogP contribution in [0.2, 0.25) is 0 Å². The number of nitrogens with one attached hydrogen (secondary N) is 2. The number of hydrogen-bond acceptors (Lipinski definition) is 7. The predicted molar refractivity (Wildman–Crippen MR) is 137 cm³/mol. The van der Waals surface area contributed by atoms with Crippen LogP contribution < -0.4 is 16.2 Å². The van der Waals surface area contributed by atoms with Gasteiger partial charge in [0.15, 0.2) is 5.60 Å². The molecule has 0 saturated heterocycles. The average Bonchev–Trinajstić information content (AvgIpc) is 3.27. The van der Waals surface area contributed by atoms with Gasteiger partial charge in [0.2, 0.25) is 5.91 Å². The number of nitrogens with zero attached hydrogens (tertiary/aromatic N) is 2. The lowest BCUT2D eigenvalue weighted by molar-refractivity contribution is -0.172. The molecule has 1 amide bonds. The molecule has 1 aliphatic carbocycles. The maximum absolute atomic E-state index is 15.0. The van der Waals surface area contributed by atoms with Gasteiger partial charge in [-0.1, -0.05) is 13.8 Å². The van der Waals surface area contributed by atoms with Crippen molar-refractivity contribution in [3.8, 4) is 11.4 Å². The number of ether oxygens (including phenoxy) is 1. The van der Waals surface area contributed by atoms with E-state index in [0.29, 0.717) is 41.9 Å². The summed E-state index contributed by atoms with van der Waals surface area (Å²) in [5.41, 5.74) is 2.61. The fourth-order valence-electron chi connectivity index (χ4n) is 6.18. The highest BCUT2D eigenvalue weighted by Crippen LogP contribution is 2.45. The monoisotopic (exact) mass is 520 g/mol. The first-order valence-electron chi connectivity index (χ1n) is 13.0. The first-order valence-corrected chi connectivity index (χ1v) is 13.0. The van der Waals surface area contributed by atoms with Crippen molar-refractivity contribution in [1.29, 1.82) is 0 Å². The van der Waals surface area contributed by atoms with Gasteiger partial charge in [-0.05, 0) is 55.5 Å². The third-order valence-electron chi connectivity index (χ3n) is 8.25. The summed E-state index contributed by atoms with van der Waals surface area (Å²) < 4.78 is 21.7. The number of fused-ring (bicyclic) bond motifs is 5. The lowest BCUT2D eigenvalue weighted by atomic mass is 9.81. The zero-order valence-corrected chi connectivity index (χ0v) is 21.5. The van der Waals surface area contributed by atoms with E-state index in [0.717, 1.165) is 22.1 Å². The van der Waals surface area contributed by atoms with E-state index in [9.17, 15) is 23.9 Å². The second-order valence-electron chi connectivity index (χ2n) is 10.3. The summed E-state index contributed by atoms with van der Waals surface area (Å²) in [6, 6.07) is 2.71. The smallest absolute Gasteiger partial charge is 0.343 e. The van der Waals surface area contributed by atoms with Crippen LogP contribution in [0.3, 0.4) is 0 Å². The van der Waals surface area contributed by atoms with Gasteiger partial charge < -0.3 is 25.0 Å². The minimum atomic E-state index is -1.94. The van der Waals surface area contributed by atoms with Gasteiger partial charge in [-0.2, -0.15) is 0 Å². The molecule has 0 spiro atoms. The number of pyridine rings is 2. The summed E-state index contributed by atoms with van der Waals surface area (Å²) in [7, 11) is 0. The number of aromatic nitrogens is 2. The number of rotatable bonds is 5. The van der Waals surface area contributed by atoms with E-state index in [1.165, 1.54) is 6.07 Å². The number of amides is 1. The van der Waals surface area contributed by atoms with Crippen LogP contribution >= 0.6 is 0 Å². The van der Waals surface area contributed by atoms with Crippen molar-refractivity contribution in [3.63, 3.8) is 0 Å². The van der Waals surface area contributed by atoms with Gasteiger partial charge >= 0.3 is 5.97 Å². The van der Waals surface area contributed by atoms with Gasteiger partial charge in [0, 0.05) is 22.6 Å². The van der Waals surface area contributed by atoms with Gasteiger partial charge in [-0.15, -0.1) is 0 Å².